The molecule has 2 N–H and O–H groups in total. The van der Waals surface area contributed by atoms with Crippen LogP contribution in [0.4, 0.5) is 29.7 Å². The summed E-state index contributed by atoms with van der Waals surface area (Å²) in [5.74, 6) is -1.97. The maximum Gasteiger partial charge on any atom is 0.452 e. The number of ether oxygens (including phenoxy) is 1. The molecule has 1 fully saturated rings. The fraction of sp³-hybridized carbons (Fsp3) is 0.625. The highest BCUT2D eigenvalue weighted by Gasteiger charge is 2.36. The van der Waals surface area contributed by atoms with E-state index in [1.807, 2.05) is 16.9 Å². The SMILES string of the molecule is CC(C)CN(c1ccc(C(C)CC(=O)NS(=O)(=O)N(C)C)cc1Nc1nc(C(F)(F)F)ns1)C1CCOCC1. The van der Waals surface area contributed by atoms with Crippen molar-refractivity contribution in [2.75, 3.05) is 44.1 Å². The summed E-state index contributed by atoms with van der Waals surface area (Å²) in [6, 6.07) is 5.68. The lowest BCUT2D eigenvalue weighted by Gasteiger charge is -2.38. The standard InChI is InChI=1S/C24H35F3N6O4S2/c1-15(2)14-33(18-8-10-37-11-9-18)20-7-6-17(16(3)12-21(34)31-39(35,36)32(4)5)13-19(20)28-23-29-22(30-38-23)24(25,26)27/h6-7,13,15-16,18H,8-12,14H2,1-5H3,(H,31,34)(H,28,29,30). The molecule has 0 radical (unpaired) electrons. The molecular weight excluding hydrogens is 557 g/mol. The second-order valence-corrected chi connectivity index (χ2v) is 12.8. The molecule has 1 aliphatic heterocycles. The highest BCUT2D eigenvalue weighted by molar-refractivity contribution is 7.87. The van der Waals surface area contributed by atoms with Gasteiger partial charge in [0.15, 0.2) is 0 Å². The number of benzene rings is 1. The Balaban J connectivity index is 1.96. The van der Waals surface area contributed by atoms with Crippen LogP contribution in [-0.2, 0) is 25.9 Å². The summed E-state index contributed by atoms with van der Waals surface area (Å²) in [5.41, 5.74) is 2.02. The molecule has 1 atom stereocenters. The predicted molar refractivity (Wildman–Crippen MR) is 144 cm³/mol. The molecule has 15 heteroatoms. The van der Waals surface area contributed by atoms with Crippen LogP contribution < -0.4 is 14.9 Å². The second-order valence-electron chi connectivity index (χ2n) is 10.1. The number of alkyl halides is 3. The van der Waals surface area contributed by atoms with Crippen LogP contribution in [0.1, 0.15) is 57.3 Å². The van der Waals surface area contributed by atoms with Gasteiger partial charge in [-0.15, -0.1) is 0 Å². The quantitative estimate of drug-likeness (QED) is 0.396. The van der Waals surface area contributed by atoms with Crippen LogP contribution in [0.2, 0.25) is 0 Å². The Bertz CT molecular complexity index is 1230. The van der Waals surface area contributed by atoms with Crippen LogP contribution in [0.5, 0.6) is 0 Å². The molecule has 2 heterocycles. The molecule has 10 nitrogen and oxygen atoms in total. The summed E-state index contributed by atoms with van der Waals surface area (Å²) in [6.45, 7) is 7.91. The molecule has 0 bridgehead atoms. The van der Waals surface area contributed by atoms with Crippen molar-refractivity contribution in [2.24, 2.45) is 5.92 Å². The summed E-state index contributed by atoms with van der Waals surface area (Å²) < 4.78 is 75.4. The minimum absolute atomic E-state index is 0.0142. The van der Waals surface area contributed by atoms with Crippen molar-refractivity contribution in [1.29, 1.82) is 0 Å². The molecule has 1 amide bonds. The Hall–Kier alpha value is -2.49. The van der Waals surface area contributed by atoms with Crippen molar-refractivity contribution >= 4 is 44.2 Å². The highest BCUT2D eigenvalue weighted by atomic mass is 32.2. The van der Waals surface area contributed by atoms with Crippen molar-refractivity contribution in [3.63, 3.8) is 0 Å². The lowest BCUT2D eigenvalue weighted by atomic mass is 9.95. The van der Waals surface area contributed by atoms with Crippen molar-refractivity contribution in [2.45, 2.75) is 58.2 Å². The topological polar surface area (TPSA) is 117 Å². The van der Waals surface area contributed by atoms with Gasteiger partial charge in [0.25, 0.3) is 0 Å². The largest absolute Gasteiger partial charge is 0.452 e. The molecule has 0 aliphatic carbocycles. The summed E-state index contributed by atoms with van der Waals surface area (Å²) in [7, 11) is -1.30. The Kier molecular flexibility index (Phi) is 10.2. The van der Waals surface area contributed by atoms with E-state index in [0.29, 0.717) is 48.5 Å². The number of rotatable bonds is 11. The maximum atomic E-state index is 13.1. The van der Waals surface area contributed by atoms with E-state index in [2.05, 4.69) is 33.4 Å². The zero-order chi connectivity index (χ0) is 29.0. The first kappa shape index (κ1) is 31.0. The Morgan fingerprint density at radius 3 is 2.44 bits per heavy atom. The lowest BCUT2D eigenvalue weighted by molar-refractivity contribution is -0.144. The van der Waals surface area contributed by atoms with Gasteiger partial charge in [-0.3, -0.25) is 4.79 Å². The van der Waals surface area contributed by atoms with E-state index < -0.39 is 34.0 Å². The minimum Gasteiger partial charge on any atom is -0.381 e. The van der Waals surface area contributed by atoms with Crippen LogP contribution in [0, 0.1) is 5.92 Å². The number of aromatic nitrogens is 2. The van der Waals surface area contributed by atoms with Gasteiger partial charge in [-0.05, 0) is 42.4 Å². The number of hydrogen-bond acceptors (Lipinski definition) is 9. The fourth-order valence-electron chi connectivity index (χ4n) is 4.22. The van der Waals surface area contributed by atoms with Gasteiger partial charge in [0, 0.05) is 57.8 Å². The van der Waals surface area contributed by atoms with E-state index in [4.69, 9.17) is 4.74 Å². The molecule has 218 valence electrons. The van der Waals surface area contributed by atoms with Crippen molar-refractivity contribution in [3.05, 3.63) is 29.6 Å². The van der Waals surface area contributed by atoms with Gasteiger partial charge in [0.05, 0.1) is 11.4 Å². The van der Waals surface area contributed by atoms with Gasteiger partial charge >= 0.3 is 16.4 Å². The molecule has 1 aromatic carbocycles. The van der Waals surface area contributed by atoms with Crippen LogP contribution in [0.15, 0.2) is 18.2 Å². The number of nitrogens with zero attached hydrogens (tertiary/aromatic N) is 4. The second kappa shape index (κ2) is 12.8. The van der Waals surface area contributed by atoms with Crippen molar-refractivity contribution in [1.82, 2.24) is 18.4 Å². The average Bonchev–Trinajstić information content (AvgIpc) is 3.32. The summed E-state index contributed by atoms with van der Waals surface area (Å²) >= 11 is 0.609. The smallest absolute Gasteiger partial charge is 0.381 e. The third-order valence-corrected chi connectivity index (χ3v) is 8.31. The van der Waals surface area contributed by atoms with Crippen molar-refractivity contribution in [3.8, 4) is 0 Å². The van der Waals surface area contributed by atoms with Crippen LogP contribution >= 0.6 is 11.5 Å². The number of hydrogen-bond donors (Lipinski definition) is 2. The third kappa shape index (κ3) is 8.50. The monoisotopic (exact) mass is 592 g/mol. The molecule has 2 aromatic rings. The summed E-state index contributed by atoms with van der Waals surface area (Å²) in [4.78, 5) is 18.3. The highest BCUT2D eigenvalue weighted by Crippen LogP contribution is 2.37. The van der Waals surface area contributed by atoms with E-state index in [9.17, 15) is 26.4 Å². The molecule has 1 saturated heterocycles. The zero-order valence-corrected chi connectivity index (χ0v) is 24.2. The minimum atomic E-state index is -4.67. The third-order valence-electron chi connectivity index (χ3n) is 6.23. The molecule has 39 heavy (non-hydrogen) atoms. The van der Waals surface area contributed by atoms with E-state index in [1.165, 1.54) is 14.1 Å². The molecule has 0 saturated carbocycles. The Morgan fingerprint density at radius 2 is 1.87 bits per heavy atom. The lowest BCUT2D eigenvalue weighted by Crippen LogP contribution is -2.42. The first-order chi connectivity index (χ1) is 18.2. The van der Waals surface area contributed by atoms with E-state index >= 15 is 0 Å². The number of nitrogens with one attached hydrogen (secondary N) is 2. The molecule has 3 rings (SSSR count). The van der Waals surface area contributed by atoms with E-state index in [1.54, 1.807) is 13.0 Å². The van der Waals surface area contributed by atoms with Gasteiger partial charge in [0.2, 0.25) is 16.9 Å². The molecule has 0 spiro atoms. The average molecular weight is 593 g/mol. The number of carbonyl (C=O) groups is 1. The van der Waals surface area contributed by atoms with Crippen LogP contribution in [0.25, 0.3) is 0 Å². The van der Waals surface area contributed by atoms with Crippen LogP contribution in [0.3, 0.4) is 0 Å². The predicted octanol–water partition coefficient (Wildman–Crippen LogP) is 4.36. The fourth-order valence-corrected chi connectivity index (χ4v) is 5.38. The molecule has 1 unspecified atom stereocenters. The Labute approximate surface area is 231 Å². The number of anilines is 3. The van der Waals surface area contributed by atoms with Gasteiger partial charge < -0.3 is 15.0 Å². The van der Waals surface area contributed by atoms with Gasteiger partial charge in [-0.25, -0.2) is 4.72 Å². The van der Waals surface area contributed by atoms with Gasteiger partial charge in [-0.1, -0.05) is 26.8 Å². The number of amides is 1. The summed E-state index contributed by atoms with van der Waals surface area (Å²) in [6.07, 6.45) is -3.16. The van der Waals surface area contributed by atoms with E-state index in [0.717, 1.165) is 22.8 Å². The molecule has 1 aromatic heterocycles. The van der Waals surface area contributed by atoms with Crippen molar-refractivity contribution < 1.29 is 31.1 Å². The van der Waals surface area contributed by atoms with E-state index in [-0.39, 0.29) is 17.6 Å². The number of halogens is 3. The maximum absolute atomic E-state index is 13.1. The normalized spacial score (nSPS) is 15.9. The zero-order valence-electron chi connectivity index (χ0n) is 22.6. The van der Waals surface area contributed by atoms with Crippen LogP contribution in [-0.4, -0.2) is 67.9 Å². The summed E-state index contributed by atoms with van der Waals surface area (Å²) in [5, 5.41) is 3.01. The van der Waals surface area contributed by atoms with Gasteiger partial charge in [0.1, 0.15) is 0 Å². The molecule has 1 aliphatic rings. The number of carbonyl (C=O) groups excluding carboxylic acids is 1. The first-order valence-electron chi connectivity index (χ1n) is 12.6. The van der Waals surface area contributed by atoms with Gasteiger partial charge in [-0.2, -0.15) is 35.3 Å². The Morgan fingerprint density at radius 1 is 1.21 bits per heavy atom. The molecular formula is C24H35F3N6O4S2. The first-order valence-corrected chi connectivity index (χ1v) is 14.8.